The number of hydrogen-bond acceptors (Lipinski definition) is 7. The highest BCUT2D eigenvalue weighted by Crippen LogP contribution is 2.35. The van der Waals surface area contributed by atoms with Crippen molar-refractivity contribution in [3.8, 4) is 11.3 Å². The zero-order valence-corrected chi connectivity index (χ0v) is 18.0. The second-order valence-corrected chi connectivity index (χ2v) is 9.37. The highest BCUT2D eigenvalue weighted by Gasteiger charge is 2.29. The van der Waals surface area contributed by atoms with Gasteiger partial charge in [-0.15, -0.1) is 11.3 Å². The molecule has 156 valence electrons. The summed E-state index contributed by atoms with van der Waals surface area (Å²) in [5.41, 5.74) is 3.52. The van der Waals surface area contributed by atoms with Gasteiger partial charge in [0.05, 0.1) is 22.5 Å². The molecule has 2 aliphatic rings. The number of piperidine rings is 1. The van der Waals surface area contributed by atoms with Crippen LogP contribution in [0, 0.1) is 13.8 Å². The van der Waals surface area contributed by atoms with E-state index >= 15 is 0 Å². The summed E-state index contributed by atoms with van der Waals surface area (Å²) in [6.07, 6.45) is 5.93. The van der Waals surface area contributed by atoms with Crippen molar-refractivity contribution in [1.82, 2.24) is 20.0 Å². The summed E-state index contributed by atoms with van der Waals surface area (Å²) in [6.45, 7) is 5.39. The minimum Gasteiger partial charge on any atom is -0.356 e. The Bertz CT molecular complexity index is 1060. The molecule has 1 saturated carbocycles. The van der Waals surface area contributed by atoms with Crippen LogP contribution in [0.1, 0.15) is 58.2 Å². The van der Waals surface area contributed by atoms with E-state index in [1.165, 1.54) is 12.8 Å². The third-order valence-corrected chi connectivity index (χ3v) is 6.63. The van der Waals surface area contributed by atoms with E-state index in [1.807, 2.05) is 42.5 Å². The number of thiophene rings is 1. The molecule has 7 nitrogen and oxygen atoms in total. The van der Waals surface area contributed by atoms with Gasteiger partial charge in [-0.05, 0) is 45.6 Å². The van der Waals surface area contributed by atoms with E-state index in [4.69, 9.17) is 9.51 Å². The van der Waals surface area contributed by atoms with Crippen molar-refractivity contribution in [2.45, 2.75) is 51.5 Å². The van der Waals surface area contributed by atoms with Gasteiger partial charge in [-0.2, -0.15) is 0 Å². The zero-order chi connectivity index (χ0) is 20.7. The quantitative estimate of drug-likeness (QED) is 0.655. The summed E-state index contributed by atoms with van der Waals surface area (Å²) in [5.74, 6) is 1.76. The SMILES string of the molecule is Cc1cc(-c2cnc(NC3CC3)nc2C2CCN(C(=O)c3csc(C)c3)CC2)on1. The Kier molecular flexibility index (Phi) is 5.02. The Morgan fingerprint density at radius 1 is 1.20 bits per heavy atom. The van der Waals surface area contributed by atoms with Crippen LogP contribution in [-0.2, 0) is 0 Å². The molecule has 1 N–H and O–H groups in total. The molecule has 0 unspecified atom stereocenters. The summed E-state index contributed by atoms with van der Waals surface area (Å²) in [4.78, 5) is 25.3. The smallest absolute Gasteiger partial charge is 0.254 e. The average Bonchev–Trinajstić information content (AvgIpc) is 3.29. The van der Waals surface area contributed by atoms with Crippen LogP contribution < -0.4 is 5.32 Å². The molecule has 5 rings (SSSR count). The predicted octanol–water partition coefficient (Wildman–Crippen LogP) is 4.40. The van der Waals surface area contributed by atoms with Crippen LogP contribution >= 0.6 is 11.3 Å². The number of nitrogens with zero attached hydrogens (tertiary/aromatic N) is 4. The van der Waals surface area contributed by atoms with E-state index in [2.05, 4.69) is 15.5 Å². The first-order valence-corrected chi connectivity index (χ1v) is 11.4. The van der Waals surface area contributed by atoms with Crippen molar-refractivity contribution < 1.29 is 9.32 Å². The van der Waals surface area contributed by atoms with Crippen LogP contribution in [0.4, 0.5) is 5.95 Å². The molecule has 1 aliphatic heterocycles. The Balaban J connectivity index is 1.37. The second kappa shape index (κ2) is 7.83. The van der Waals surface area contributed by atoms with Crippen molar-refractivity contribution >= 4 is 23.2 Å². The number of anilines is 1. The normalized spacial score (nSPS) is 17.3. The van der Waals surface area contributed by atoms with Crippen molar-refractivity contribution in [3.63, 3.8) is 0 Å². The van der Waals surface area contributed by atoms with Gasteiger partial charge in [-0.25, -0.2) is 9.97 Å². The molecule has 1 saturated heterocycles. The third-order valence-electron chi connectivity index (χ3n) is 5.77. The summed E-state index contributed by atoms with van der Waals surface area (Å²) in [6, 6.07) is 4.39. The van der Waals surface area contributed by atoms with Crippen LogP contribution in [0.15, 0.2) is 28.2 Å². The summed E-state index contributed by atoms with van der Waals surface area (Å²) in [5, 5.41) is 9.38. The van der Waals surface area contributed by atoms with E-state index in [9.17, 15) is 4.79 Å². The van der Waals surface area contributed by atoms with Crippen LogP contribution in [0.25, 0.3) is 11.3 Å². The molecule has 8 heteroatoms. The first-order chi connectivity index (χ1) is 14.6. The molecule has 3 aromatic heterocycles. The van der Waals surface area contributed by atoms with Gasteiger partial charge in [0.25, 0.3) is 5.91 Å². The summed E-state index contributed by atoms with van der Waals surface area (Å²) >= 11 is 1.62. The highest BCUT2D eigenvalue weighted by molar-refractivity contribution is 7.10. The van der Waals surface area contributed by atoms with Crippen LogP contribution in [-0.4, -0.2) is 45.1 Å². The Morgan fingerprint density at radius 3 is 2.63 bits per heavy atom. The number of hydrogen-bond donors (Lipinski definition) is 1. The molecular weight excluding hydrogens is 398 g/mol. The molecule has 4 heterocycles. The topological polar surface area (TPSA) is 84.2 Å². The Labute approximate surface area is 179 Å². The van der Waals surface area contributed by atoms with E-state index in [0.29, 0.717) is 17.8 Å². The number of amides is 1. The van der Waals surface area contributed by atoms with Crippen molar-refractivity contribution in [3.05, 3.63) is 45.5 Å². The number of aryl methyl sites for hydroxylation is 2. The lowest BCUT2D eigenvalue weighted by Crippen LogP contribution is -2.38. The number of likely N-dealkylation sites (tertiary alicyclic amines) is 1. The maximum atomic E-state index is 12.8. The Hall–Kier alpha value is -2.74. The van der Waals surface area contributed by atoms with E-state index in [-0.39, 0.29) is 11.8 Å². The molecule has 1 amide bonds. The molecule has 0 radical (unpaired) electrons. The van der Waals surface area contributed by atoms with Crippen molar-refractivity contribution in [2.24, 2.45) is 0 Å². The van der Waals surface area contributed by atoms with E-state index in [0.717, 1.165) is 53.3 Å². The van der Waals surface area contributed by atoms with Gasteiger partial charge in [0, 0.05) is 47.6 Å². The van der Waals surface area contributed by atoms with Gasteiger partial charge in [-0.1, -0.05) is 5.16 Å². The lowest BCUT2D eigenvalue weighted by Gasteiger charge is -2.32. The molecule has 0 atom stereocenters. The first kappa shape index (κ1) is 19.2. The molecule has 30 heavy (non-hydrogen) atoms. The van der Waals surface area contributed by atoms with Gasteiger partial charge in [0.15, 0.2) is 5.76 Å². The average molecular weight is 424 g/mol. The fourth-order valence-corrected chi connectivity index (χ4v) is 4.64. The monoisotopic (exact) mass is 423 g/mol. The molecule has 2 fully saturated rings. The molecule has 0 spiro atoms. The zero-order valence-electron chi connectivity index (χ0n) is 17.2. The highest BCUT2D eigenvalue weighted by atomic mass is 32.1. The third kappa shape index (κ3) is 3.96. The predicted molar refractivity (Wildman–Crippen MR) is 116 cm³/mol. The molecular formula is C22H25N5O2S. The number of carbonyl (C=O) groups excluding carboxylic acids is 1. The molecule has 3 aromatic rings. The lowest BCUT2D eigenvalue weighted by atomic mass is 9.90. The number of rotatable bonds is 5. The maximum Gasteiger partial charge on any atom is 0.254 e. The molecule has 1 aliphatic carbocycles. The summed E-state index contributed by atoms with van der Waals surface area (Å²) in [7, 11) is 0. The van der Waals surface area contributed by atoms with Crippen LogP contribution in [0.2, 0.25) is 0 Å². The van der Waals surface area contributed by atoms with Gasteiger partial charge in [0.1, 0.15) is 0 Å². The number of carbonyl (C=O) groups is 1. The maximum absolute atomic E-state index is 12.8. The Morgan fingerprint density at radius 2 is 2.00 bits per heavy atom. The van der Waals surface area contributed by atoms with Gasteiger partial charge in [0.2, 0.25) is 5.95 Å². The van der Waals surface area contributed by atoms with Gasteiger partial charge < -0.3 is 14.7 Å². The minimum absolute atomic E-state index is 0.127. The molecule has 0 bridgehead atoms. The van der Waals surface area contributed by atoms with Crippen molar-refractivity contribution in [2.75, 3.05) is 18.4 Å². The number of aromatic nitrogens is 3. The van der Waals surface area contributed by atoms with E-state index in [1.54, 1.807) is 11.3 Å². The number of nitrogens with one attached hydrogen (secondary N) is 1. The van der Waals surface area contributed by atoms with E-state index < -0.39 is 0 Å². The van der Waals surface area contributed by atoms with Gasteiger partial charge in [-0.3, -0.25) is 4.79 Å². The lowest BCUT2D eigenvalue weighted by molar-refractivity contribution is 0.0712. The second-order valence-electron chi connectivity index (χ2n) is 8.26. The minimum atomic E-state index is 0.127. The standard InChI is InChI=1S/C22H25N5O2S/c1-13-9-19(29-26-13)18-11-23-22(24-17-3-4-17)25-20(18)15-5-7-27(8-6-15)21(28)16-10-14(2)30-12-16/h9-12,15,17H,3-8H2,1-2H3,(H,23,24,25). The summed E-state index contributed by atoms with van der Waals surface area (Å²) < 4.78 is 5.52. The van der Waals surface area contributed by atoms with Crippen LogP contribution in [0.5, 0.6) is 0 Å². The first-order valence-electron chi connectivity index (χ1n) is 10.5. The van der Waals surface area contributed by atoms with Crippen LogP contribution in [0.3, 0.4) is 0 Å². The fraction of sp³-hybridized carbons (Fsp3) is 0.455. The van der Waals surface area contributed by atoms with Crippen molar-refractivity contribution in [1.29, 1.82) is 0 Å². The fourth-order valence-electron chi connectivity index (χ4n) is 3.96. The largest absolute Gasteiger partial charge is 0.356 e. The molecule has 0 aromatic carbocycles. The van der Waals surface area contributed by atoms with Gasteiger partial charge >= 0.3 is 0 Å².